The Balaban J connectivity index is 0.00000264. The fraction of sp³-hybridized carbons (Fsp3) is 0.533. The molecule has 2 heterocycles. The molecule has 1 amide bonds. The van der Waals surface area contributed by atoms with E-state index in [0.717, 1.165) is 29.9 Å². The molecule has 0 aliphatic rings. The van der Waals surface area contributed by atoms with Gasteiger partial charge in [0.15, 0.2) is 5.65 Å². The van der Waals surface area contributed by atoms with Gasteiger partial charge in [-0.2, -0.15) is 0 Å². The number of fused-ring (bicyclic) bond motifs is 1. The van der Waals surface area contributed by atoms with Crippen LogP contribution in [0.5, 0.6) is 0 Å². The van der Waals surface area contributed by atoms with Crippen molar-refractivity contribution in [2.75, 3.05) is 19.6 Å². The summed E-state index contributed by atoms with van der Waals surface area (Å²) in [5, 5.41) is 9.28. The molecule has 0 saturated heterocycles. The molecule has 0 fully saturated rings. The maximum absolute atomic E-state index is 12.0. The Morgan fingerprint density at radius 3 is 2.65 bits per heavy atom. The molecule has 0 aliphatic carbocycles. The van der Waals surface area contributed by atoms with Crippen molar-refractivity contribution in [2.24, 2.45) is 7.05 Å². The van der Waals surface area contributed by atoms with Crippen molar-refractivity contribution in [3.05, 3.63) is 27.2 Å². The molecule has 7 nitrogen and oxygen atoms in total. The normalized spacial score (nSPS) is 10.6. The van der Waals surface area contributed by atoms with Crippen LogP contribution in [0.25, 0.3) is 11.0 Å². The third-order valence-corrected chi connectivity index (χ3v) is 3.79. The van der Waals surface area contributed by atoms with Crippen LogP contribution in [0.15, 0.2) is 4.79 Å². The Morgan fingerprint density at radius 1 is 1.30 bits per heavy atom. The predicted octanol–water partition coefficient (Wildman–Crippen LogP) is 0.568. The van der Waals surface area contributed by atoms with Gasteiger partial charge in [-0.3, -0.25) is 19.4 Å². The molecule has 2 rings (SSSR count). The summed E-state index contributed by atoms with van der Waals surface area (Å²) in [5.74, 6) is -0.0578. The van der Waals surface area contributed by atoms with Crippen LogP contribution in [-0.4, -0.2) is 40.3 Å². The highest BCUT2D eigenvalue weighted by atomic mass is 35.5. The zero-order valence-electron chi connectivity index (χ0n) is 13.9. The average molecular weight is 342 g/mol. The number of nitrogens with one attached hydrogen (secondary N) is 3. The minimum atomic E-state index is -0.170. The highest BCUT2D eigenvalue weighted by Gasteiger charge is 2.17. The lowest BCUT2D eigenvalue weighted by Crippen LogP contribution is -2.33. The van der Waals surface area contributed by atoms with Crippen LogP contribution in [0.1, 0.15) is 23.7 Å². The van der Waals surface area contributed by atoms with Gasteiger partial charge in [0.2, 0.25) is 5.91 Å². The first-order valence-corrected chi connectivity index (χ1v) is 7.47. The van der Waals surface area contributed by atoms with Gasteiger partial charge < -0.3 is 10.6 Å². The number of nitrogens with zero attached hydrogens (tertiary/aromatic N) is 2. The van der Waals surface area contributed by atoms with E-state index < -0.39 is 0 Å². The van der Waals surface area contributed by atoms with Crippen LogP contribution < -0.4 is 16.2 Å². The molecule has 0 bridgehead atoms. The molecule has 0 aromatic carbocycles. The van der Waals surface area contributed by atoms with E-state index in [1.807, 2.05) is 20.8 Å². The van der Waals surface area contributed by atoms with E-state index in [2.05, 4.69) is 20.7 Å². The average Bonchev–Trinajstić information content (AvgIpc) is 2.74. The summed E-state index contributed by atoms with van der Waals surface area (Å²) in [6, 6.07) is 0. The second kappa shape index (κ2) is 8.12. The number of aromatic nitrogens is 3. The van der Waals surface area contributed by atoms with E-state index in [0.29, 0.717) is 17.6 Å². The van der Waals surface area contributed by atoms with Crippen molar-refractivity contribution < 1.29 is 4.79 Å². The van der Waals surface area contributed by atoms with Gasteiger partial charge in [0.25, 0.3) is 5.56 Å². The topological polar surface area (TPSA) is 91.8 Å². The molecule has 128 valence electrons. The second-order valence-electron chi connectivity index (χ2n) is 5.38. The van der Waals surface area contributed by atoms with Gasteiger partial charge >= 0.3 is 0 Å². The largest absolute Gasteiger partial charge is 0.355 e. The van der Waals surface area contributed by atoms with Gasteiger partial charge in [-0.15, -0.1) is 12.4 Å². The molecule has 0 aliphatic heterocycles. The van der Waals surface area contributed by atoms with Gasteiger partial charge in [0.1, 0.15) is 0 Å². The fourth-order valence-electron chi connectivity index (χ4n) is 2.60. The highest BCUT2D eigenvalue weighted by Crippen LogP contribution is 2.20. The molecule has 2 aromatic rings. The van der Waals surface area contributed by atoms with Crippen LogP contribution >= 0.6 is 12.4 Å². The van der Waals surface area contributed by atoms with Crippen LogP contribution in [0, 0.1) is 13.8 Å². The lowest BCUT2D eigenvalue weighted by Gasteiger charge is -2.11. The lowest BCUT2D eigenvalue weighted by molar-refractivity contribution is -0.120. The Labute approximate surface area is 141 Å². The predicted molar refractivity (Wildman–Crippen MR) is 93.3 cm³/mol. The summed E-state index contributed by atoms with van der Waals surface area (Å²) < 4.78 is 1.61. The monoisotopic (exact) mass is 341 g/mol. The second-order valence-corrected chi connectivity index (χ2v) is 5.38. The van der Waals surface area contributed by atoms with E-state index in [1.54, 1.807) is 11.7 Å². The lowest BCUT2D eigenvalue weighted by atomic mass is 10.0. The number of aryl methyl sites for hydroxylation is 3. The number of likely N-dealkylation sites (N-methyl/N-ethyl adjacent to an activating group) is 1. The zero-order chi connectivity index (χ0) is 16.3. The number of carbonyl (C=O) groups is 1. The quantitative estimate of drug-likeness (QED) is 0.670. The van der Waals surface area contributed by atoms with Gasteiger partial charge in [-0.1, -0.05) is 6.92 Å². The molecule has 8 heteroatoms. The van der Waals surface area contributed by atoms with Crippen LogP contribution in [0.2, 0.25) is 0 Å². The Kier molecular flexibility index (Phi) is 6.78. The van der Waals surface area contributed by atoms with E-state index in [4.69, 9.17) is 0 Å². The van der Waals surface area contributed by atoms with Gasteiger partial charge in [-0.05, 0) is 31.5 Å². The van der Waals surface area contributed by atoms with Gasteiger partial charge in [0, 0.05) is 25.8 Å². The SMILES string of the molecule is CCNCCNC(=O)Cc1c(C)nc2c(c1C)c(=O)[nH]n2C.Cl. The third-order valence-electron chi connectivity index (χ3n) is 3.79. The van der Waals surface area contributed by atoms with Gasteiger partial charge in [-0.25, -0.2) is 4.98 Å². The molecule has 3 N–H and O–H groups in total. The summed E-state index contributed by atoms with van der Waals surface area (Å²) >= 11 is 0. The van der Waals surface area contributed by atoms with Crippen molar-refractivity contribution in [3.63, 3.8) is 0 Å². The van der Waals surface area contributed by atoms with Crippen LogP contribution in [-0.2, 0) is 18.3 Å². The Morgan fingerprint density at radius 2 is 2.00 bits per heavy atom. The summed E-state index contributed by atoms with van der Waals surface area (Å²) in [4.78, 5) is 28.5. The van der Waals surface area contributed by atoms with Crippen molar-refractivity contribution in [1.82, 2.24) is 25.4 Å². The van der Waals surface area contributed by atoms with E-state index in [-0.39, 0.29) is 30.3 Å². The molecule has 0 saturated carbocycles. The molecule has 0 unspecified atom stereocenters. The molecule has 0 atom stereocenters. The molecular weight excluding hydrogens is 318 g/mol. The number of hydrogen-bond acceptors (Lipinski definition) is 4. The number of carbonyl (C=O) groups excluding carboxylic acids is 1. The van der Waals surface area contributed by atoms with E-state index in [9.17, 15) is 9.59 Å². The van der Waals surface area contributed by atoms with E-state index >= 15 is 0 Å². The number of pyridine rings is 1. The van der Waals surface area contributed by atoms with E-state index in [1.165, 1.54) is 0 Å². The molecule has 0 radical (unpaired) electrons. The first-order chi connectivity index (χ1) is 10.5. The Hall–Kier alpha value is -1.86. The van der Waals surface area contributed by atoms with Gasteiger partial charge in [0.05, 0.1) is 11.8 Å². The van der Waals surface area contributed by atoms with Crippen LogP contribution in [0.3, 0.4) is 0 Å². The first kappa shape index (κ1) is 19.2. The number of rotatable bonds is 6. The molecule has 2 aromatic heterocycles. The van der Waals surface area contributed by atoms with Crippen molar-refractivity contribution in [3.8, 4) is 0 Å². The smallest absolute Gasteiger partial charge is 0.273 e. The Bertz CT molecular complexity index is 750. The number of halogens is 1. The maximum Gasteiger partial charge on any atom is 0.273 e. The first-order valence-electron chi connectivity index (χ1n) is 7.47. The number of hydrogen-bond donors (Lipinski definition) is 3. The molecular formula is C15H24ClN5O2. The molecule has 0 spiro atoms. The number of amides is 1. The molecule has 23 heavy (non-hydrogen) atoms. The fourth-order valence-corrected chi connectivity index (χ4v) is 2.60. The number of H-pyrrole nitrogens is 1. The summed E-state index contributed by atoms with van der Waals surface area (Å²) in [6.07, 6.45) is 0.237. The van der Waals surface area contributed by atoms with Crippen molar-refractivity contribution >= 4 is 29.3 Å². The highest BCUT2D eigenvalue weighted by molar-refractivity contribution is 5.85. The zero-order valence-corrected chi connectivity index (χ0v) is 14.8. The summed E-state index contributed by atoms with van der Waals surface area (Å²) in [5.41, 5.74) is 2.88. The number of aromatic amines is 1. The van der Waals surface area contributed by atoms with Crippen molar-refractivity contribution in [2.45, 2.75) is 27.2 Å². The maximum atomic E-state index is 12.0. The minimum absolute atomic E-state index is 0. The minimum Gasteiger partial charge on any atom is -0.355 e. The summed E-state index contributed by atoms with van der Waals surface area (Å²) in [7, 11) is 1.75. The third kappa shape index (κ3) is 4.11. The van der Waals surface area contributed by atoms with Crippen LogP contribution in [0.4, 0.5) is 0 Å². The standard InChI is InChI=1S/C15H23N5O2.ClH/c1-5-16-6-7-17-12(21)8-11-9(2)13-14(18-10(11)3)20(4)19-15(13)22;/h16H,5-8H2,1-4H3,(H,17,21)(H,19,22);1H. The summed E-state index contributed by atoms with van der Waals surface area (Å²) in [6.45, 7) is 7.97. The van der Waals surface area contributed by atoms with Crippen molar-refractivity contribution in [1.29, 1.82) is 0 Å².